The van der Waals surface area contributed by atoms with E-state index in [0.29, 0.717) is 5.56 Å². The molecule has 88 valence electrons. The first-order chi connectivity index (χ1) is 7.45. The quantitative estimate of drug-likeness (QED) is 0.438. The van der Waals surface area contributed by atoms with E-state index in [1.165, 1.54) is 11.8 Å². The summed E-state index contributed by atoms with van der Waals surface area (Å²) in [6.07, 6.45) is 1.68. The molecule has 0 bridgehead atoms. The summed E-state index contributed by atoms with van der Waals surface area (Å²) in [5, 5.41) is 14.4. The van der Waals surface area contributed by atoms with Gasteiger partial charge in [-0.2, -0.15) is 4.68 Å². The van der Waals surface area contributed by atoms with Crippen LogP contribution in [0.4, 0.5) is 5.82 Å². The third-order valence-corrected chi connectivity index (χ3v) is 2.20. The third-order valence-electron chi connectivity index (χ3n) is 2.20. The second-order valence-corrected chi connectivity index (χ2v) is 3.50. The second kappa shape index (κ2) is 4.73. The summed E-state index contributed by atoms with van der Waals surface area (Å²) in [5.74, 6) is -0.556. The molecule has 0 radical (unpaired) electrons. The van der Waals surface area contributed by atoms with Crippen LogP contribution < -0.4 is 0 Å². The van der Waals surface area contributed by atoms with Crippen LogP contribution in [0.2, 0.25) is 0 Å². The van der Waals surface area contributed by atoms with Crippen LogP contribution in [-0.4, -0.2) is 27.8 Å². The minimum Gasteiger partial charge on any atom is -0.469 e. The maximum Gasteiger partial charge on any atom is 0.392 e. The van der Waals surface area contributed by atoms with E-state index in [9.17, 15) is 14.9 Å². The number of rotatable bonds is 4. The van der Waals surface area contributed by atoms with Gasteiger partial charge in [-0.25, -0.2) is 0 Å². The number of aromatic nitrogens is 2. The molecule has 7 nitrogen and oxygen atoms in total. The number of nitro groups is 1. The number of aryl methyl sites for hydroxylation is 1. The molecule has 0 saturated carbocycles. The number of carbonyl (C=O) groups is 1. The molecule has 1 heterocycles. The van der Waals surface area contributed by atoms with Crippen LogP contribution in [0.3, 0.4) is 0 Å². The zero-order valence-corrected chi connectivity index (χ0v) is 9.34. The predicted octanol–water partition coefficient (Wildman–Crippen LogP) is 1.22. The van der Waals surface area contributed by atoms with Crippen LogP contribution >= 0.6 is 0 Å². The number of hydrogen-bond acceptors (Lipinski definition) is 5. The molecule has 0 aliphatic heterocycles. The number of hydrogen-bond donors (Lipinski definition) is 0. The van der Waals surface area contributed by atoms with Crippen molar-refractivity contribution < 1.29 is 14.5 Å². The topological polar surface area (TPSA) is 87.3 Å². The van der Waals surface area contributed by atoms with E-state index in [1.54, 1.807) is 20.0 Å². The summed E-state index contributed by atoms with van der Waals surface area (Å²) in [4.78, 5) is 21.1. The van der Waals surface area contributed by atoms with Gasteiger partial charge in [-0.15, -0.1) is 0 Å². The largest absolute Gasteiger partial charge is 0.469 e. The maximum absolute atomic E-state index is 11.0. The molecule has 0 saturated heterocycles. The fraction of sp³-hybridized carbons (Fsp3) is 0.556. The number of carbonyl (C=O) groups excluding carboxylic acids is 1. The van der Waals surface area contributed by atoms with Crippen LogP contribution in [0.25, 0.3) is 0 Å². The third kappa shape index (κ3) is 2.56. The molecule has 1 aromatic rings. The smallest absolute Gasteiger partial charge is 0.392 e. The summed E-state index contributed by atoms with van der Waals surface area (Å²) in [7, 11) is 1.30. The monoisotopic (exact) mass is 227 g/mol. The summed E-state index contributed by atoms with van der Waals surface area (Å²) in [6.45, 7) is 3.35. The maximum atomic E-state index is 11.0. The van der Waals surface area contributed by atoms with E-state index in [0.717, 1.165) is 0 Å². The average Bonchev–Trinajstić information content (AvgIpc) is 2.60. The fourth-order valence-electron chi connectivity index (χ4n) is 1.30. The van der Waals surface area contributed by atoms with Crippen molar-refractivity contribution in [1.82, 2.24) is 9.78 Å². The van der Waals surface area contributed by atoms with Crippen molar-refractivity contribution in [2.45, 2.75) is 26.3 Å². The lowest BCUT2D eigenvalue weighted by molar-refractivity contribution is -0.390. The predicted molar refractivity (Wildman–Crippen MR) is 55.0 cm³/mol. The van der Waals surface area contributed by atoms with Crippen LogP contribution in [0, 0.1) is 17.0 Å². The molecule has 16 heavy (non-hydrogen) atoms. The van der Waals surface area contributed by atoms with Crippen LogP contribution in [-0.2, 0) is 9.53 Å². The normalized spacial score (nSPS) is 12.2. The molecule has 1 unspecified atom stereocenters. The minimum atomic E-state index is -0.545. The number of methoxy groups -OCH3 is 1. The number of ether oxygens (including phenoxy) is 1. The highest BCUT2D eigenvalue weighted by atomic mass is 16.6. The van der Waals surface area contributed by atoms with Gasteiger partial charge in [0.25, 0.3) is 0 Å². The Morgan fingerprint density at radius 2 is 2.38 bits per heavy atom. The van der Waals surface area contributed by atoms with Gasteiger partial charge >= 0.3 is 11.8 Å². The summed E-state index contributed by atoms with van der Waals surface area (Å²) >= 11 is 0. The molecule has 1 atom stereocenters. The van der Waals surface area contributed by atoms with Gasteiger partial charge < -0.3 is 14.9 Å². The molecule has 0 N–H and O–H groups in total. The zero-order chi connectivity index (χ0) is 12.3. The molecule has 0 spiro atoms. The van der Waals surface area contributed by atoms with Crippen molar-refractivity contribution in [3.05, 3.63) is 21.9 Å². The number of nitrogens with zero attached hydrogens (tertiary/aromatic N) is 3. The van der Waals surface area contributed by atoms with Crippen LogP contribution in [0.5, 0.6) is 0 Å². The highest BCUT2D eigenvalue weighted by Gasteiger charge is 2.21. The van der Waals surface area contributed by atoms with Crippen LogP contribution in [0.15, 0.2) is 6.20 Å². The summed E-state index contributed by atoms with van der Waals surface area (Å²) < 4.78 is 5.92. The minimum absolute atomic E-state index is 0.134. The Labute approximate surface area is 92.2 Å². The van der Waals surface area contributed by atoms with Crippen LogP contribution in [0.1, 0.15) is 24.9 Å². The van der Waals surface area contributed by atoms with Gasteiger partial charge in [-0.3, -0.25) is 4.79 Å². The number of esters is 1. The van der Waals surface area contributed by atoms with E-state index in [2.05, 4.69) is 9.84 Å². The Bertz CT molecular complexity index is 413. The van der Waals surface area contributed by atoms with Crippen molar-refractivity contribution in [3.8, 4) is 0 Å². The summed E-state index contributed by atoms with van der Waals surface area (Å²) in [6, 6.07) is -0.264. The highest BCUT2D eigenvalue weighted by molar-refractivity contribution is 5.69. The zero-order valence-electron chi connectivity index (χ0n) is 9.34. The first kappa shape index (κ1) is 12.2. The van der Waals surface area contributed by atoms with Crippen molar-refractivity contribution >= 4 is 11.8 Å². The standard InChI is InChI=1S/C9H13N3O4/c1-6-5-11(10-9(6)12(14)15)7(2)4-8(13)16-3/h5,7H,4H2,1-3H3. The molecule has 0 aliphatic rings. The molecule has 1 aromatic heterocycles. The van der Waals surface area contributed by atoms with Gasteiger partial charge in [-0.05, 0) is 18.8 Å². The van der Waals surface area contributed by atoms with Gasteiger partial charge in [0.15, 0.2) is 0 Å². The van der Waals surface area contributed by atoms with E-state index >= 15 is 0 Å². The highest BCUT2D eigenvalue weighted by Crippen LogP contribution is 2.18. The molecule has 0 aliphatic carbocycles. The van der Waals surface area contributed by atoms with Gasteiger partial charge in [0, 0.05) is 0 Å². The van der Waals surface area contributed by atoms with E-state index in [1.807, 2.05) is 0 Å². The molecule has 1 rings (SSSR count). The molecular weight excluding hydrogens is 214 g/mol. The van der Waals surface area contributed by atoms with E-state index < -0.39 is 4.92 Å². The Hall–Kier alpha value is -1.92. The average molecular weight is 227 g/mol. The molecule has 7 heteroatoms. The first-order valence-corrected chi connectivity index (χ1v) is 4.72. The fourth-order valence-corrected chi connectivity index (χ4v) is 1.30. The second-order valence-electron chi connectivity index (χ2n) is 3.50. The van der Waals surface area contributed by atoms with Crippen molar-refractivity contribution in [2.24, 2.45) is 0 Å². The lowest BCUT2D eigenvalue weighted by Gasteiger charge is -2.06. The van der Waals surface area contributed by atoms with Gasteiger partial charge in [0.1, 0.15) is 0 Å². The SMILES string of the molecule is COC(=O)CC(C)n1cc(C)c([N+](=O)[O-])n1. The Morgan fingerprint density at radius 1 is 1.75 bits per heavy atom. The lowest BCUT2D eigenvalue weighted by Crippen LogP contribution is -2.12. The molecule has 0 aromatic carbocycles. The Morgan fingerprint density at radius 3 is 2.81 bits per heavy atom. The Kier molecular flexibility index (Phi) is 3.60. The first-order valence-electron chi connectivity index (χ1n) is 4.72. The molecular formula is C9H13N3O4. The lowest BCUT2D eigenvalue weighted by atomic mass is 10.2. The van der Waals surface area contributed by atoms with Gasteiger partial charge in [0.2, 0.25) is 0 Å². The van der Waals surface area contributed by atoms with E-state index in [4.69, 9.17) is 0 Å². The van der Waals surface area contributed by atoms with Gasteiger partial charge in [0.05, 0.1) is 36.4 Å². The van der Waals surface area contributed by atoms with E-state index in [-0.39, 0.29) is 24.2 Å². The van der Waals surface area contributed by atoms with Gasteiger partial charge in [-0.1, -0.05) is 0 Å². The Balaban J connectivity index is 2.84. The molecule has 0 fully saturated rings. The van der Waals surface area contributed by atoms with Crippen molar-refractivity contribution in [1.29, 1.82) is 0 Å². The molecule has 0 amide bonds. The van der Waals surface area contributed by atoms with Crippen molar-refractivity contribution in [3.63, 3.8) is 0 Å². The van der Waals surface area contributed by atoms with Crippen molar-refractivity contribution in [2.75, 3.05) is 7.11 Å². The summed E-state index contributed by atoms with van der Waals surface area (Å²) in [5.41, 5.74) is 0.474.